The van der Waals surface area contributed by atoms with Gasteiger partial charge in [0.2, 0.25) is 0 Å². The van der Waals surface area contributed by atoms with Gasteiger partial charge in [-0.3, -0.25) is 4.79 Å². The number of carbonyl (C=O) groups excluding carboxylic acids is 1. The lowest BCUT2D eigenvalue weighted by Crippen LogP contribution is -2.29. The van der Waals surface area contributed by atoms with Crippen LogP contribution in [0.3, 0.4) is 0 Å². The second-order valence-electron chi connectivity index (χ2n) is 6.01. The Hall–Kier alpha value is -0.410. The van der Waals surface area contributed by atoms with Crippen LogP contribution in [0.15, 0.2) is 0 Å². The number of hydrogen-bond acceptors (Lipinski definition) is 3. The molecule has 2 unspecified atom stereocenters. The number of carbonyl (C=O) groups is 1. The zero-order valence-corrected chi connectivity index (χ0v) is 14.5. The van der Waals surface area contributed by atoms with Gasteiger partial charge >= 0.3 is 0 Å². The lowest BCUT2D eigenvalue weighted by molar-refractivity contribution is -0.172. The Labute approximate surface area is 130 Å². The zero-order valence-electron chi connectivity index (χ0n) is 14.5. The molecule has 0 N–H and O–H groups in total. The molecule has 3 heteroatoms. The molecule has 0 aromatic heterocycles. The van der Waals surface area contributed by atoms with Crippen LogP contribution in [-0.4, -0.2) is 24.3 Å². The quantitative estimate of drug-likeness (QED) is 0.679. The van der Waals surface area contributed by atoms with Gasteiger partial charge in [0.25, 0.3) is 0 Å². The van der Waals surface area contributed by atoms with Crippen molar-refractivity contribution in [3.05, 3.63) is 0 Å². The smallest absolute Gasteiger partial charge is 0.168 e. The molecule has 1 aliphatic carbocycles. The molecule has 0 amide bonds. The normalized spacial score (nSPS) is 28.7. The molecule has 124 valence electrons. The van der Waals surface area contributed by atoms with Gasteiger partial charge in [-0.05, 0) is 38.5 Å². The third-order valence-corrected chi connectivity index (χ3v) is 4.76. The van der Waals surface area contributed by atoms with E-state index < -0.39 is 0 Å². The Morgan fingerprint density at radius 1 is 1.10 bits per heavy atom. The first-order valence-corrected chi connectivity index (χ1v) is 9.03. The van der Waals surface area contributed by atoms with E-state index in [9.17, 15) is 4.79 Å². The van der Waals surface area contributed by atoms with Gasteiger partial charge in [0, 0.05) is 12.3 Å². The van der Waals surface area contributed by atoms with Gasteiger partial charge in [-0.15, -0.1) is 0 Å². The van der Waals surface area contributed by atoms with Gasteiger partial charge < -0.3 is 9.47 Å². The largest absolute Gasteiger partial charge is 0.347 e. The third-order valence-electron chi connectivity index (χ3n) is 4.76. The molecule has 0 spiro atoms. The van der Waals surface area contributed by atoms with Gasteiger partial charge in [0.15, 0.2) is 5.79 Å². The predicted octanol–water partition coefficient (Wildman–Crippen LogP) is 4.87. The SMILES string of the molecule is CC.CCC1(CC)OCC(CCC2CCCCCC2=O)O1. The highest BCUT2D eigenvalue weighted by Crippen LogP contribution is 2.33. The lowest BCUT2D eigenvalue weighted by atomic mass is 9.92. The van der Waals surface area contributed by atoms with Crippen molar-refractivity contribution < 1.29 is 14.3 Å². The summed E-state index contributed by atoms with van der Waals surface area (Å²) in [6.07, 6.45) is 9.36. The first-order chi connectivity index (χ1) is 10.2. The van der Waals surface area contributed by atoms with E-state index in [2.05, 4.69) is 13.8 Å². The van der Waals surface area contributed by atoms with E-state index >= 15 is 0 Å². The molecule has 0 aromatic carbocycles. The first kappa shape index (κ1) is 18.6. The monoisotopic (exact) mass is 298 g/mol. The summed E-state index contributed by atoms with van der Waals surface area (Å²) >= 11 is 0. The van der Waals surface area contributed by atoms with Gasteiger partial charge in [-0.2, -0.15) is 0 Å². The van der Waals surface area contributed by atoms with Gasteiger partial charge in [0.05, 0.1) is 12.7 Å². The summed E-state index contributed by atoms with van der Waals surface area (Å²) in [6, 6.07) is 0. The summed E-state index contributed by atoms with van der Waals surface area (Å²) < 4.78 is 11.9. The molecular weight excluding hydrogens is 264 g/mol. The molecule has 2 rings (SSSR count). The fourth-order valence-electron chi connectivity index (χ4n) is 3.30. The Morgan fingerprint density at radius 3 is 2.43 bits per heavy atom. The highest BCUT2D eigenvalue weighted by molar-refractivity contribution is 5.81. The standard InChI is InChI=1S/C16H28O3.C2H6/c1-3-16(4-2)18-12-14(19-16)11-10-13-8-6-5-7-9-15(13)17;1-2/h13-14H,3-12H2,1-2H3;1-2H3. The van der Waals surface area contributed by atoms with Crippen LogP contribution in [0.2, 0.25) is 0 Å². The molecule has 1 saturated heterocycles. The number of rotatable bonds is 5. The Morgan fingerprint density at radius 2 is 1.81 bits per heavy atom. The van der Waals surface area contributed by atoms with Crippen molar-refractivity contribution in [2.24, 2.45) is 5.92 Å². The fourth-order valence-corrected chi connectivity index (χ4v) is 3.30. The maximum absolute atomic E-state index is 12.0. The maximum atomic E-state index is 12.0. The lowest BCUT2D eigenvalue weighted by Gasteiger charge is -2.25. The average molecular weight is 298 g/mol. The minimum absolute atomic E-state index is 0.191. The molecular formula is C18H34O3. The number of hydrogen-bond donors (Lipinski definition) is 0. The average Bonchev–Trinajstić information content (AvgIpc) is 2.85. The van der Waals surface area contributed by atoms with Crippen molar-refractivity contribution >= 4 is 5.78 Å². The summed E-state index contributed by atoms with van der Waals surface area (Å²) in [5.41, 5.74) is 0. The number of ether oxygens (including phenoxy) is 2. The van der Waals surface area contributed by atoms with Gasteiger partial charge in [-0.1, -0.05) is 40.5 Å². The van der Waals surface area contributed by atoms with E-state index in [1.165, 1.54) is 12.8 Å². The summed E-state index contributed by atoms with van der Waals surface area (Å²) in [5, 5.41) is 0. The Balaban J connectivity index is 0.00000106. The van der Waals surface area contributed by atoms with E-state index in [0.717, 1.165) is 44.9 Å². The van der Waals surface area contributed by atoms with Gasteiger partial charge in [-0.25, -0.2) is 0 Å². The summed E-state index contributed by atoms with van der Waals surface area (Å²) in [6.45, 7) is 8.92. The van der Waals surface area contributed by atoms with Crippen LogP contribution in [0, 0.1) is 5.92 Å². The molecule has 0 aromatic rings. The van der Waals surface area contributed by atoms with E-state index in [-0.39, 0.29) is 17.8 Å². The molecule has 3 nitrogen and oxygen atoms in total. The van der Waals surface area contributed by atoms with Crippen LogP contribution in [0.4, 0.5) is 0 Å². The van der Waals surface area contributed by atoms with Crippen LogP contribution >= 0.6 is 0 Å². The van der Waals surface area contributed by atoms with Crippen LogP contribution in [0.25, 0.3) is 0 Å². The first-order valence-electron chi connectivity index (χ1n) is 9.03. The van der Waals surface area contributed by atoms with E-state index in [1.54, 1.807) is 0 Å². The van der Waals surface area contributed by atoms with Crippen LogP contribution < -0.4 is 0 Å². The van der Waals surface area contributed by atoms with Crippen molar-refractivity contribution in [1.82, 2.24) is 0 Å². The molecule has 21 heavy (non-hydrogen) atoms. The zero-order chi connectivity index (χ0) is 15.7. The van der Waals surface area contributed by atoms with E-state index in [4.69, 9.17) is 9.47 Å². The van der Waals surface area contributed by atoms with Crippen molar-refractivity contribution in [3.8, 4) is 0 Å². The molecule has 0 bridgehead atoms. The van der Waals surface area contributed by atoms with Crippen LogP contribution in [0.1, 0.15) is 85.5 Å². The summed E-state index contributed by atoms with van der Waals surface area (Å²) in [5.74, 6) is 0.413. The molecule has 2 aliphatic rings. The molecule has 0 radical (unpaired) electrons. The van der Waals surface area contributed by atoms with Gasteiger partial charge in [0.1, 0.15) is 5.78 Å². The minimum atomic E-state index is -0.349. The Kier molecular flexibility index (Phi) is 8.50. The van der Waals surface area contributed by atoms with Crippen molar-refractivity contribution in [1.29, 1.82) is 0 Å². The number of ketones is 1. The van der Waals surface area contributed by atoms with Crippen molar-refractivity contribution in [2.45, 2.75) is 97.4 Å². The third kappa shape index (κ3) is 5.37. The van der Waals surface area contributed by atoms with Crippen LogP contribution in [-0.2, 0) is 14.3 Å². The second-order valence-corrected chi connectivity index (χ2v) is 6.01. The fraction of sp³-hybridized carbons (Fsp3) is 0.944. The molecule has 1 aliphatic heterocycles. The molecule has 1 heterocycles. The van der Waals surface area contributed by atoms with Crippen LogP contribution in [0.5, 0.6) is 0 Å². The topological polar surface area (TPSA) is 35.5 Å². The molecule has 2 fully saturated rings. The predicted molar refractivity (Wildman–Crippen MR) is 86.3 cm³/mol. The van der Waals surface area contributed by atoms with Crippen molar-refractivity contribution in [2.75, 3.05) is 6.61 Å². The van der Waals surface area contributed by atoms with E-state index in [0.29, 0.717) is 12.4 Å². The summed E-state index contributed by atoms with van der Waals surface area (Å²) in [7, 11) is 0. The summed E-state index contributed by atoms with van der Waals surface area (Å²) in [4.78, 5) is 12.0. The number of Topliss-reactive ketones (excluding diaryl/α,β-unsaturated/α-hetero) is 1. The highest BCUT2D eigenvalue weighted by atomic mass is 16.7. The molecule has 1 saturated carbocycles. The highest BCUT2D eigenvalue weighted by Gasteiger charge is 2.38. The maximum Gasteiger partial charge on any atom is 0.168 e. The minimum Gasteiger partial charge on any atom is -0.347 e. The molecule has 2 atom stereocenters. The van der Waals surface area contributed by atoms with Crippen molar-refractivity contribution in [3.63, 3.8) is 0 Å². The Bertz CT molecular complexity index is 297. The second kappa shape index (κ2) is 9.58. The van der Waals surface area contributed by atoms with E-state index in [1.807, 2.05) is 13.8 Å².